The summed E-state index contributed by atoms with van der Waals surface area (Å²) in [5, 5.41) is 9.83. The monoisotopic (exact) mass is 573 g/mol. The molecule has 0 saturated heterocycles. The van der Waals surface area contributed by atoms with E-state index < -0.39 is 0 Å². The van der Waals surface area contributed by atoms with Gasteiger partial charge in [-0.25, -0.2) is 0 Å². The fourth-order valence-electron chi connectivity index (χ4n) is 7.57. The van der Waals surface area contributed by atoms with Crippen molar-refractivity contribution in [2.75, 3.05) is 4.90 Å². The molecule has 0 bridgehead atoms. The van der Waals surface area contributed by atoms with Crippen molar-refractivity contribution in [2.24, 2.45) is 0 Å². The standard InChI is InChI=1S/C43H27NO/c1-3-10-32-27(8-1)17-20-36-34-13-7-14-41(37(34)22-21-35(32)36)44(30-18-16-29-24-28-9-2-4-11-33(28)39(29)25-30)31-19-23-43-40(26-31)38-12-5-6-15-42(38)45-43/h1-23,25-26H,24H2. The average molecular weight is 574 g/mol. The summed E-state index contributed by atoms with van der Waals surface area (Å²) in [5.41, 5.74) is 10.6. The maximum absolute atomic E-state index is 6.23. The third-order valence-corrected chi connectivity index (χ3v) is 9.66. The predicted molar refractivity (Wildman–Crippen MR) is 189 cm³/mol. The first kappa shape index (κ1) is 24.6. The van der Waals surface area contributed by atoms with Crippen molar-refractivity contribution in [3.63, 3.8) is 0 Å². The molecule has 0 saturated carbocycles. The van der Waals surface area contributed by atoms with Gasteiger partial charge in [-0.15, -0.1) is 0 Å². The van der Waals surface area contributed by atoms with E-state index in [1.165, 1.54) is 54.6 Å². The summed E-state index contributed by atoms with van der Waals surface area (Å²) in [5.74, 6) is 0. The zero-order valence-corrected chi connectivity index (χ0v) is 24.5. The van der Waals surface area contributed by atoms with Crippen LogP contribution < -0.4 is 4.90 Å². The van der Waals surface area contributed by atoms with Gasteiger partial charge in [0, 0.05) is 27.5 Å². The normalized spacial score (nSPS) is 12.4. The largest absolute Gasteiger partial charge is 0.456 e. The van der Waals surface area contributed by atoms with Crippen LogP contribution in [0.15, 0.2) is 156 Å². The number of hydrogen-bond donors (Lipinski definition) is 0. The Balaban J connectivity index is 1.25. The smallest absolute Gasteiger partial charge is 0.135 e. The van der Waals surface area contributed by atoms with Crippen molar-refractivity contribution in [2.45, 2.75) is 6.42 Å². The molecule has 0 atom stereocenters. The predicted octanol–water partition coefficient (Wildman–Crippen LogP) is 12.1. The number of furan rings is 1. The van der Waals surface area contributed by atoms with Gasteiger partial charge in [-0.05, 0) is 98.1 Å². The van der Waals surface area contributed by atoms with Crippen molar-refractivity contribution in [3.05, 3.63) is 163 Å². The Morgan fingerprint density at radius 3 is 2.04 bits per heavy atom. The van der Waals surface area contributed by atoms with Gasteiger partial charge in [-0.2, -0.15) is 0 Å². The first-order valence-corrected chi connectivity index (χ1v) is 15.6. The van der Waals surface area contributed by atoms with Crippen molar-refractivity contribution in [1.82, 2.24) is 0 Å². The molecule has 1 aliphatic rings. The second-order valence-corrected chi connectivity index (χ2v) is 12.1. The molecule has 0 N–H and O–H groups in total. The fourth-order valence-corrected chi connectivity index (χ4v) is 7.57. The summed E-state index contributed by atoms with van der Waals surface area (Å²) in [6, 6.07) is 55.2. The van der Waals surface area contributed by atoms with Crippen LogP contribution in [0.1, 0.15) is 11.1 Å². The minimum absolute atomic E-state index is 0.901. The summed E-state index contributed by atoms with van der Waals surface area (Å²) < 4.78 is 6.23. The molecule has 10 rings (SSSR count). The van der Waals surface area contributed by atoms with Crippen LogP contribution in [0, 0.1) is 0 Å². The molecular formula is C43H27NO. The number of para-hydroxylation sites is 1. The molecule has 0 spiro atoms. The topological polar surface area (TPSA) is 16.4 Å². The lowest BCUT2D eigenvalue weighted by Crippen LogP contribution is -2.10. The Morgan fingerprint density at radius 2 is 1.07 bits per heavy atom. The number of hydrogen-bond acceptors (Lipinski definition) is 2. The molecule has 2 nitrogen and oxygen atoms in total. The van der Waals surface area contributed by atoms with Crippen LogP contribution in [0.5, 0.6) is 0 Å². The molecule has 1 aliphatic carbocycles. The van der Waals surface area contributed by atoms with Crippen LogP contribution in [0.4, 0.5) is 17.1 Å². The summed E-state index contributed by atoms with van der Waals surface area (Å²) in [6.07, 6.45) is 0.979. The third kappa shape index (κ3) is 3.63. The molecule has 45 heavy (non-hydrogen) atoms. The van der Waals surface area contributed by atoms with Crippen LogP contribution in [0.3, 0.4) is 0 Å². The summed E-state index contributed by atoms with van der Waals surface area (Å²) >= 11 is 0. The van der Waals surface area contributed by atoms with E-state index in [0.717, 1.165) is 45.4 Å². The first-order valence-electron chi connectivity index (χ1n) is 15.6. The lowest BCUT2D eigenvalue weighted by molar-refractivity contribution is 0.669. The number of rotatable bonds is 3. The van der Waals surface area contributed by atoms with E-state index in [1.807, 2.05) is 12.1 Å². The molecule has 9 aromatic rings. The molecule has 1 aromatic heterocycles. The van der Waals surface area contributed by atoms with E-state index in [0.29, 0.717) is 0 Å². The van der Waals surface area contributed by atoms with Gasteiger partial charge in [0.05, 0.1) is 5.69 Å². The van der Waals surface area contributed by atoms with Gasteiger partial charge >= 0.3 is 0 Å². The van der Waals surface area contributed by atoms with E-state index in [4.69, 9.17) is 4.42 Å². The van der Waals surface area contributed by atoms with Crippen molar-refractivity contribution in [1.29, 1.82) is 0 Å². The van der Waals surface area contributed by atoms with Gasteiger partial charge in [-0.3, -0.25) is 0 Å². The third-order valence-electron chi connectivity index (χ3n) is 9.66. The molecule has 0 amide bonds. The highest BCUT2D eigenvalue weighted by atomic mass is 16.3. The minimum atomic E-state index is 0.901. The second-order valence-electron chi connectivity index (χ2n) is 12.1. The number of fused-ring (bicyclic) bond motifs is 11. The summed E-state index contributed by atoms with van der Waals surface area (Å²) in [4.78, 5) is 2.43. The van der Waals surface area contributed by atoms with Crippen LogP contribution in [-0.2, 0) is 6.42 Å². The Bertz CT molecular complexity index is 2640. The highest BCUT2D eigenvalue weighted by molar-refractivity contribution is 6.20. The summed E-state index contributed by atoms with van der Waals surface area (Å²) in [6.45, 7) is 0. The van der Waals surface area contributed by atoms with Crippen molar-refractivity contribution >= 4 is 71.3 Å². The van der Waals surface area contributed by atoms with Gasteiger partial charge in [0.15, 0.2) is 0 Å². The molecule has 0 unspecified atom stereocenters. The molecule has 0 aliphatic heterocycles. The van der Waals surface area contributed by atoms with E-state index in [9.17, 15) is 0 Å². The maximum Gasteiger partial charge on any atom is 0.135 e. The van der Waals surface area contributed by atoms with Crippen LogP contribution in [0.2, 0.25) is 0 Å². The molecule has 210 valence electrons. The van der Waals surface area contributed by atoms with Gasteiger partial charge < -0.3 is 9.32 Å². The van der Waals surface area contributed by atoms with E-state index >= 15 is 0 Å². The first-order chi connectivity index (χ1) is 22.3. The SMILES string of the molecule is c1ccc2c(c1)Cc1ccc(N(c3ccc4oc5ccccc5c4c3)c3cccc4c3ccc3c5ccccc5ccc43)cc1-2. The zero-order valence-electron chi connectivity index (χ0n) is 24.5. The van der Waals surface area contributed by atoms with Crippen LogP contribution in [-0.4, -0.2) is 0 Å². The molecular weight excluding hydrogens is 546 g/mol. The Morgan fingerprint density at radius 1 is 0.400 bits per heavy atom. The lowest BCUT2D eigenvalue weighted by Gasteiger charge is -2.28. The lowest BCUT2D eigenvalue weighted by atomic mass is 9.96. The molecule has 0 fully saturated rings. The van der Waals surface area contributed by atoms with Gasteiger partial charge in [0.25, 0.3) is 0 Å². The highest BCUT2D eigenvalue weighted by Gasteiger charge is 2.23. The quantitative estimate of drug-likeness (QED) is 0.196. The molecule has 8 aromatic carbocycles. The second kappa shape index (κ2) is 9.32. The van der Waals surface area contributed by atoms with Gasteiger partial charge in [0.2, 0.25) is 0 Å². The van der Waals surface area contributed by atoms with Crippen LogP contribution >= 0.6 is 0 Å². The summed E-state index contributed by atoms with van der Waals surface area (Å²) in [7, 11) is 0. The van der Waals surface area contributed by atoms with E-state index in [-0.39, 0.29) is 0 Å². The number of benzene rings is 8. The van der Waals surface area contributed by atoms with E-state index in [1.54, 1.807) is 0 Å². The maximum atomic E-state index is 6.23. The Kier molecular flexibility index (Phi) is 5.09. The number of anilines is 3. The number of nitrogens with zero attached hydrogens (tertiary/aromatic N) is 1. The van der Waals surface area contributed by atoms with Crippen LogP contribution in [0.25, 0.3) is 65.4 Å². The van der Waals surface area contributed by atoms with E-state index in [2.05, 4.69) is 144 Å². The van der Waals surface area contributed by atoms with Crippen molar-refractivity contribution in [3.8, 4) is 11.1 Å². The Hall–Kier alpha value is -5.86. The Labute approximate surface area is 260 Å². The van der Waals surface area contributed by atoms with Gasteiger partial charge in [-0.1, -0.05) is 109 Å². The zero-order chi connectivity index (χ0) is 29.5. The molecule has 0 radical (unpaired) electrons. The molecule has 2 heteroatoms. The average Bonchev–Trinajstić information content (AvgIpc) is 3.66. The van der Waals surface area contributed by atoms with Gasteiger partial charge in [0.1, 0.15) is 11.2 Å². The van der Waals surface area contributed by atoms with Crippen molar-refractivity contribution < 1.29 is 4.42 Å². The molecule has 1 heterocycles. The fraction of sp³-hybridized carbons (Fsp3) is 0.0233. The minimum Gasteiger partial charge on any atom is -0.456 e. The highest BCUT2D eigenvalue weighted by Crippen LogP contribution is 2.46.